The van der Waals surface area contributed by atoms with Crippen molar-refractivity contribution < 1.29 is 14.3 Å². The second-order valence-electron chi connectivity index (χ2n) is 6.94. The molecule has 1 aromatic carbocycles. The summed E-state index contributed by atoms with van der Waals surface area (Å²) in [6.45, 7) is 2.62. The third-order valence-corrected chi connectivity index (χ3v) is 5.24. The van der Waals surface area contributed by atoms with Crippen LogP contribution in [0.2, 0.25) is 0 Å². The van der Waals surface area contributed by atoms with Gasteiger partial charge in [0.05, 0.1) is 13.0 Å². The van der Waals surface area contributed by atoms with E-state index in [0.29, 0.717) is 25.6 Å². The molecule has 1 N–H and O–H groups in total. The molecular formula is C19H27N3O3. The van der Waals surface area contributed by atoms with E-state index < -0.39 is 0 Å². The molecule has 0 bridgehead atoms. The average Bonchev–Trinajstić information content (AvgIpc) is 3.02. The summed E-state index contributed by atoms with van der Waals surface area (Å²) >= 11 is 0. The summed E-state index contributed by atoms with van der Waals surface area (Å²) in [5.74, 6) is 0.789. The van der Waals surface area contributed by atoms with Gasteiger partial charge in [-0.3, -0.25) is 9.59 Å². The van der Waals surface area contributed by atoms with E-state index in [1.54, 1.807) is 12.0 Å². The molecule has 0 spiro atoms. The topological polar surface area (TPSA) is 61.9 Å². The van der Waals surface area contributed by atoms with Crippen LogP contribution in [0.4, 0.5) is 0 Å². The van der Waals surface area contributed by atoms with Crippen molar-refractivity contribution in [2.45, 2.75) is 31.8 Å². The molecule has 6 nitrogen and oxygen atoms in total. The Morgan fingerprint density at radius 1 is 1.28 bits per heavy atom. The molecule has 0 aromatic heterocycles. The molecule has 2 heterocycles. The Morgan fingerprint density at radius 2 is 2.04 bits per heavy atom. The molecule has 1 aromatic rings. The van der Waals surface area contributed by atoms with Gasteiger partial charge < -0.3 is 19.9 Å². The van der Waals surface area contributed by atoms with Crippen molar-refractivity contribution in [2.75, 3.05) is 33.8 Å². The third kappa shape index (κ3) is 4.12. The molecule has 6 heteroatoms. The molecule has 0 saturated carbocycles. The van der Waals surface area contributed by atoms with Gasteiger partial charge in [-0.15, -0.1) is 0 Å². The number of likely N-dealkylation sites (N-methyl/N-ethyl adjacent to an activating group) is 1. The number of likely N-dealkylation sites (tertiary alicyclic amines) is 2. The second kappa shape index (κ2) is 7.87. The zero-order valence-corrected chi connectivity index (χ0v) is 15.0. The summed E-state index contributed by atoms with van der Waals surface area (Å²) in [6, 6.07) is 8.08. The van der Waals surface area contributed by atoms with Gasteiger partial charge in [-0.25, -0.2) is 0 Å². The molecular weight excluding hydrogens is 318 g/mol. The molecule has 2 saturated heterocycles. The fourth-order valence-electron chi connectivity index (χ4n) is 3.71. The van der Waals surface area contributed by atoms with Gasteiger partial charge >= 0.3 is 0 Å². The third-order valence-electron chi connectivity index (χ3n) is 5.24. The first-order valence-electron chi connectivity index (χ1n) is 8.97. The van der Waals surface area contributed by atoms with Gasteiger partial charge in [0.1, 0.15) is 5.75 Å². The summed E-state index contributed by atoms with van der Waals surface area (Å²) in [7, 11) is 3.57. The number of hydrogen-bond acceptors (Lipinski definition) is 4. The zero-order valence-electron chi connectivity index (χ0n) is 15.0. The van der Waals surface area contributed by atoms with E-state index >= 15 is 0 Å². The van der Waals surface area contributed by atoms with Crippen LogP contribution in [-0.4, -0.2) is 61.4 Å². The lowest BCUT2D eigenvalue weighted by Gasteiger charge is -2.34. The molecule has 2 aliphatic rings. The van der Waals surface area contributed by atoms with E-state index in [1.165, 1.54) is 0 Å². The summed E-state index contributed by atoms with van der Waals surface area (Å²) < 4.78 is 5.16. The molecule has 136 valence electrons. The number of ether oxygens (including phenoxy) is 1. The molecule has 2 amide bonds. The number of nitrogens with one attached hydrogen (secondary N) is 1. The average molecular weight is 345 g/mol. The lowest BCUT2D eigenvalue weighted by Crippen LogP contribution is -2.49. The number of nitrogens with zero attached hydrogens (tertiary/aromatic N) is 2. The van der Waals surface area contributed by atoms with Crippen LogP contribution in [0.3, 0.4) is 0 Å². The van der Waals surface area contributed by atoms with E-state index in [1.807, 2.05) is 36.2 Å². The van der Waals surface area contributed by atoms with Crippen LogP contribution in [0.1, 0.15) is 24.8 Å². The van der Waals surface area contributed by atoms with Crippen LogP contribution in [0, 0.1) is 5.92 Å². The number of carbonyl (C=O) groups is 2. The van der Waals surface area contributed by atoms with Crippen molar-refractivity contribution in [3.05, 3.63) is 29.8 Å². The molecule has 2 aliphatic heterocycles. The van der Waals surface area contributed by atoms with Crippen LogP contribution in [0.5, 0.6) is 5.75 Å². The second-order valence-corrected chi connectivity index (χ2v) is 6.94. The SMILES string of the molecule is CNC1CCCN(C(=O)C2CC(=O)N(Cc3ccc(OC)cc3)C2)C1. The minimum absolute atomic E-state index is 0.0661. The standard InChI is InChI=1S/C19H27N3O3/c1-20-16-4-3-9-21(13-16)19(24)15-10-18(23)22(12-15)11-14-5-7-17(25-2)8-6-14/h5-8,15-16,20H,3-4,9-13H2,1-2H3. The number of carbonyl (C=O) groups excluding carboxylic acids is 2. The highest BCUT2D eigenvalue weighted by atomic mass is 16.5. The Hall–Kier alpha value is -2.08. The van der Waals surface area contributed by atoms with Crippen LogP contribution in [0.25, 0.3) is 0 Å². The van der Waals surface area contributed by atoms with Crippen LogP contribution < -0.4 is 10.1 Å². The first-order valence-corrected chi connectivity index (χ1v) is 8.97. The van der Waals surface area contributed by atoms with Gasteiger partial charge in [-0.05, 0) is 37.6 Å². The highest BCUT2D eigenvalue weighted by Gasteiger charge is 2.37. The molecule has 0 aliphatic carbocycles. The maximum absolute atomic E-state index is 12.8. The molecule has 2 atom stereocenters. The summed E-state index contributed by atoms with van der Waals surface area (Å²) in [5.41, 5.74) is 1.05. The maximum atomic E-state index is 12.8. The first-order chi connectivity index (χ1) is 12.1. The summed E-state index contributed by atoms with van der Waals surface area (Å²) in [6.07, 6.45) is 2.46. The van der Waals surface area contributed by atoms with Gasteiger partial charge in [-0.2, -0.15) is 0 Å². The van der Waals surface area contributed by atoms with Crippen molar-refractivity contribution in [1.82, 2.24) is 15.1 Å². The molecule has 0 radical (unpaired) electrons. The largest absolute Gasteiger partial charge is 0.497 e. The van der Waals surface area contributed by atoms with E-state index in [4.69, 9.17) is 4.74 Å². The lowest BCUT2D eigenvalue weighted by molar-refractivity contribution is -0.137. The number of piperidine rings is 1. The Kier molecular flexibility index (Phi) is 5.58. The molecule has 2 fully saturated rings. The van der Waals surface area contributed by atoms with Gasteiger partial charge in [-0.1, -0.05) is 12.1 Å². The Morgan fingerprint density at radius 3 is 2.72 bits per heavy atom. The highest BCUT2D eigenvalue weighted by molar-refractivity contribution is 5.89. The Labute approximate surface area is 149 Å². The van der Waals surface area contributed by atoms with Crippen LogP contribution in [0.15, 0.2) is 24.3 Å². The predicted octanol–water partition coefficient (Wildman–Crippen LogP) is 1.25. The Bertz CT molecular complexity index is 617. The monoisotopic (exact) mass is 345 g/mol. The van der Waals surface area contributed by atoms with E-state index in [-0.39, 0.29) is 17.7 Å². The molecule has 2 unspecified atom stereocenters. The van der Waals surface area contributed by atoms with Gasteiger partial charge in [0.15, 0.2) is 0 Å². The van der Waals surface area contributed by atoms with Crippen molar-refractivity contribution in [1.29, 1.82) is 0 Å². The van der Waals surface area contributed by atoms with Gasteiger partial charge in [0, 0.05) is 38.6 Å². The van der Waals surface area contributed by atoms with Crippen molar-refractivity contribution in [3.8, 4) is 5.75 Å². The maximum Gasteiger partial charge on any atom is 0.228 e. The van der Waals surface area contributed by atoms with Crippen molar-refractivity contribution in [2.24, 2.45) is 5.92 Å². The quantitative estimate of drug-likeness (QED) is 0.873. The Balaban J connectivity index is 1.58. The zero-order chi connectivity index (χ0) is 17.8. The minimum atomic E-state index is -0.207. The molecule has 25 heavy (non-hydrogen) atoms. The number of rotatable bonds is 5. The predicted molar refractivity (Wildman–Crippen MR) is 95.2 cm³/mol. The summed E-state index contributed by atoms with van der Waals surface area (Å²) in [4.78, 5) is 28.9. The number of methoxy groups -OCH3 is 1. The van der Waals surface area contributed by atoms with E-state index in [2.05, 4.69) is 5.32 Å². The highest BCUT2D eigenvalue weighted by Crippen LogP contribution is 2.24. The lowest BCUT2D eigenvalue weighted by atomic mass is 10.0. The van der Waals surface area contributed by atoms with Gasteiger partial charge in [0.25, 0.3) is 0 Å². The number of benzene rings is 1. The normalized spacial score (nSPS) is 23.8. The van der Waals surface area contributed by atoms with Crippen molar-refractivity contribution >= 4 is 11.8 Å². The van der Waals surface area contributed by atoms with Crippen LogP contribution in [-0.2, 0) is 16.1 Å². The molecule has 3 rings (SSSR count). The number of amides is 2. The minimum Gasteiger partial charge on any atom is -0.497 e. The first kappa shape index (κ1) is 17.7. The number of hydrogen-bond donors (Lipinski definition) is 1. The fraction of sp³-hybridized carbons (Fsp3) is 0.579. The van der Waals surface area contributed by atoms with Crippen LogP contribution >= 0.6 is 0 Å². The fourth-order valence-corrected chi connectivity index (χ4v) is 3.71. The summed E-state index contributed by atoms with van der Waals surface area (Å²) in [5, 5.41) is 3.26. The smallest absolute Gasteiger partial charge is 0.228 e. The van der Waals surface area contributed by atoms with Crippen molar-refractivity contribution in [3.63, 3.8) is 0 Å². The van der Waals surface area contributed by atoms with Gasteiger partial charge in [0.2, 0.25) is 11.8 Å². The van der Waals surface area contributed by atoms with E-state index in [9.17, 15) is 9.59 Å². The van der Waals surface area contributed by atoms with E-state index in [0.717, 1.165) is 37.2 Å².